The van der Waals surface area contributed by atoms with E-state index in [2.05, 4.69) is 4.42 Å². The van der Waals surface area contributed by atoms with Crippen LogP contribution in [0.3, 0.4) is 0 Å². The largest absolute Gasteiger partial charge is 0.440 e. The molecule has 0 aliphatic carbocycles. The van der Waals surface area contributed by atoms with Crippen molar-refractivity contribution in [3.05, 3.63) is 32.1 Å². The van der Waals surface area contributed by atoms with E-state index >= 15 is 0 Å². The van der Waals surface area contributed by atoms with Gasteiger partial charge < -0.3 is 4.42 Å². The van der Waals surface area contributed by atoms with Crippen LogP contribution >= 0.6 is 0 Å². The Balaban J connectivity index is 3.19. The predicted molar refractivity (Wildman–Crippen MR) is 41.4 cm³/mol. The van der Waals surface area contributed by atoms with Gasteiger partial charge in [0.25, 0.3) is 0 Å². The summed E-state index contributed by atoms with van der Waals surface area (Å²) in [4.78, 5) is 19.0. The maximum atomic E-state index is 10.3. The third kappa shape index (κ3) is 1.63. The first kappa shape index (κ1) is 9.17. The van der Waals surface area contributed by atoms with Gasteiger partial charge in [0.05, 0.1) is 4.92 Å². The molecule has 0 saturated carbocycles. The molecule has 70 valence electrons. The van der Waals surface area contributed by atoms with Crippen molar-refractivity contribution in [2.75, 3.05) is 0 Å². The number of nitrogens with zero attached hydrogens (tertiary/aromatic N) is 2. The van der Waals surface area contributed by atoms with E-state index in [9.17, 15) is 20.2 Å². The van der Waals surface area contributed by atoms with Crippen LogP contribution in [-0.4, -0.2) is 9.85 Å². The monoisotopic (exact) mass is 186 g/mol. The highest BCUT2D eigenvalue weighted by Gasteiger charge is 2.25. The fraction of sp³-hybridized carbons (Fsp3) is 0.333. The molecule has 0 aromatic carbocycles. The summed E-state index contributed by atoms with van der Waals surface area (Å²) in [6, 6.07) is 0.818. The molecule has 0 bridgehead atoms. The molecule has 0 radical (unpaired) electrons. The molecule has 0 amide bonds. The van der Waals surface area contributed by atoms with Crippen molar-refractivity contribution in [2.45, 2.75) is 13.3 Å². The number of aryl methyl sites for hydroxylation is 1. The van der Waals surface area contributed by atoms with E-state index in [0.29, 0.717) is 0 Å². The first-order valence-corrected chi connectivity index (χ1v) is 3.47. The van der Waals surface area contributed by atoms with Crippen molar-refractivity contribution in [1.82, 2.24) is 0 Å². The van der Waals surface area contributed by atoms with E-state index in [1.54, 1.807) is 6.92 Å². The van der Waals surface area contributed by atoms with Crippen LogP contribution in [0.2, 0.25) is 0 Å². The minimum Gasteiger partial charge on any atom is -0.398 e. The van der Waals surface area contributed by atoms with Gasteiger partial charge in [-0.15, -0.1) is 0 Å². The normalized spacial score (nSPS) is 9.92. The topological polar surface area (TPSA) is 99.4 Å². The van der Waals surface area contributed by atoms with Crippen LogP contribution < -0.4 is 0 Å². The van der Waals surface area contributed by atoms with Gasteiger partial charge in [-0.1, -0.05) is 6.92 Å². The maximum absolute atomic E-state index is 10.3. The fourth-order valence-corrected chi connectivity index (χ4v) is 0.903. The summed E-state index contributed by atoms with van der Waals surface area (Å²) in [6.45, 7) is 1.62. The van der Waals surface area contributed by atoms with Gasteiger partial charge in [-0.25, -0.2) is 0 Å². The SMILES string of the molecule is CCc1oc([N+](=O)[O-])cc1[N+](=O)[O-]. The molecule has 1 aromatic heterocycles. The Labute approximate surface area is 72.3 Å². The fourth-order valence-electron chi connectivity index (χ4n) is 0.903. The highest BCUT2D eigenvalue weighted by molar-refractivity contribution is 5.41. The second-order valence-corrected chi connectivity index (χ2v) is 2.26. The number of hydrogen-bond acceptors (Lipinski definition) is 5. The van der Waals surface area contributed by atoms with Gasteiger partial charge in [-0.3, -0.25) is 20.2 Å². The molecule has 1 aromatic rings. The zero-order chi connectivity index (χ0) is 10.0. The van der Waals surface area contributed by atoms with E-state index in [4.69, 9.17) is 0 Å². The van der Waals surface area contributed by atoms with Crippen molar-refractivity contribution < 1.29 is 14.3 Å². The Bertz CT molecular complexity index is 356. The quantitative estimate of drug-likeness (QED) is 0.527. The Morgan fingerprint density at radius 2 is 2.00 bits per heavy atom. The molecule has 1 heterocycles. The highest BCUT2D eigenvalue weighted by Crippen LogP contribution is 2.28. The smallest absolute Gasteiger partial charge is 0.398 e. The Morgan fingerprint density at radius 1 is 1.38 bits per heavy atom. The summed E-state index contributed by atoms with van der Waals surface area (Å²) in [5.74, 6) is -0.569. The van der Waals surface area contributed by atoms with Crippen LogP contribution in [0.25, 0.3) is 0 Å². The summed E-state index contributed by atoms with van der Waals surface area (Å²) in [5.41, 5.74) is -0.339. The molecule has 13 heavy (non-hydrogen) atoms. The van der Waals surface area contributed by atoms with Gasteiger partial charge in [0.15, 0.2) is 5.76 Å². The number of nitro groups is 2. The lowest BCUT2D eigenvalue weighted by Crippen LogP contribution is -1.88. The first-order valence-electron chi connectivity index (χ1n) is 3.47. The van der Waals surface area contributed by atoms with E-state index in [1.165, 1.54) is 0 Å². The number of furan rings is 1. The third-order valence-corrected chi connectivity index (χ3v) is 1.47. The Morgan fingerprint density at radius 3 is 2.31 bits per heavy atom. The summed E-state index contributed by atoms with van der Waals surface area (Å²) in [7, 11) is 0. The van der Waals surface area contributed by atoms with Crippen molar-refractivity contribution in [3.8, 4) is 0 Å². The van der Waals surface area contributed by atoms with Gasteiger partial charge in [0, 0.05) is 6.42 Å². The van der Waals surface area contributed by atoms with Crippen LogP contribution in [0, 0.1) is 20.2 Å². The lowest BCUT2D eigenvalue weighted by atomic mass is 10.3. The third-order valence-electron chi connectivity index (χ3n) is 1.47. The van der Waals surface area contributed by atoms with Gasteiger partial charge in [0.2, 0.25) is 0 Å². The minimum absolute atomic E-state index is 0.0247. The molecular formula is C6H6N2O5. The molecule has 0 fully saturated rings. The number of rotatable bonds is 3. The van der Waals surface area contributed by atoms with Crippen LogP contribution in [0.15, 0.2) is 10.5 Å². The van der Waals surface area contributed by atoms with Crippen LogP contribution in [0.5, 0.6) is 0 Å². The zero-order valence-electron chi connectivity index (χ0n) is 6.72. The van der Waals surface area contributed by atoms with E-state index < -0.39 is 15.7 Å². The van der Waals surface area contributed by atoms with E-state index in [1.807, 2.05) is 0 Å². The standard InChI is InChI=1S/C6H6N2O5/c1-2-5-4(7(9)10)3-6(13-5)8(11)12/h3H,2H2,1H3. The predicted octanol–water partition coefficient (Wildman–Crippen LogP) is 1.66. The summed E-state index contributed by atoms with van der Waals surface area (Å²) in [6.07, 6.45) is 0.254. The molecule has 0 unspecified atom stereocenters. The summed E-state index contributed by atoms with van der Waals surface area (Å²) < 4.78 is 4.65. The highest BCUT2D eigenvalue weighted by atomic mass is 16.7. The van der Waals surface area contributed by atoms with Gasteiger partial charge in [-0.2, -0.15) is 0 Å². The lowest BCUT2D eigenvalue weighted by Gasteiger charge is -1.86. The average molecular weight is 186 g/mol. The van der Waals surface area contributed by atoms with Crippen LogP contribution in [-0.2, 0) is 6.42 Å². The van der Waals surface area contributed by atoms with Crippen LogP contribution in [0.4, 0.5) is 11.6 Å². The second-order valence-electron chi connectivity index (χ2n) is 2.26. The van der Waals surface area contributed by atoms with Gasteiger partial charge in [0.1, 0.15) is 11.0 Å². The molecule has 0 aliphatic heterocycles. The first-order chi connectivity index (χ1) is 6.06. The summed E-state index contributed by atoms with van der Waals surface area (Å²) >= 11 is 0. The summed E-state index contributed by atoms with van der Waals surface area (Å²) in [5, 5.41) is 20.5. The molecule has 0 aliphatic rings. The minimum atomic E-state index is -0.799. The van der Waals surface area contributed by atoms with Crippen LogP contribution in [0.1, 0.15) is 12.7 Å². The van der Waals surface area contributed by atoms with E-state index in [0.717, 1.165) is 6.07 Å². The molecule has 1 rings (SSSR count). The number of hydrogen-bond donors (Lipinski definition) is 0. The van der Waals surface area contributed by atoms with Crippen molar-refractivity contribution in [3.63, 3.8) is 0 Å². The lowest BCUT2D eigenvalue weighted by molar-refractivity contribution is -0.402. The molecular weight excluding hydrogens is 180 g/mol. The molecule has 7 nitrogen and oxygen atoms in total. The molecule has 7 heteroatoms. The van der Waals surface area contributed by atoms with Crippen molar-refractivity contribution >= 4 is 11.6 Å². The Kier molecular flexibility index (Phi) is 2.27. The second kappa shape index (κ2) is 3.21. The maximum Gasteiger partial charge on any atom is 0.440 e. The van der Waals surface area contributed by atoms with Gasteiger partial charge in [-0.05, 0) is 0 Å². The Hall–Kier alpha value is -1.92. The molecule has 0 atom stereocenters. The van der Waals surface area contributed by atoms with Crippen molar-refractivity contribution in [2.24, 2.45) is 0 Å². The molecule has 0 N–H and O–H groups in total. The zero-order valence-corrected chi connectivity index (χ0v) is 6.72. The molecule has 0 saturated heterocycles. The average Bonchev–Trinajstić information content (AvgIpc) is 2.47. The van der Waals surface area contributed by atoms with Crippen molar-refractivity contribution in [1.29, 1.82) is 0 Å². The van der Waals surface area contributed by atoms with E-state index in [-0.39, 0.29) is 17.9 Å². The van der Waals surface area contributed by atoms with Gasteiger partial charge >= 0.3 is 11.6 Å². The molecule has 0 spiro atoms.